The molecule has 2 aromatic rings. The normalized spacial score (nSPS) is 19.9. The summed E-state index contributed by atoms with van der Waals surface area (Å²) in [6.45, 7) is 2.96. The number of nitrogens with zero attached hydrogens (tertiary/aromatic N) is 1. The SMILES string of the molecule is O=C(NC1CCOC1)c1ccc(-c2c[nH]c(C(=O)N3CCCCC3)c2)cc1. The molecule has 142 valence electrons. The average molecular weight is 367 g/mol. The van der Waals surface area contributed by atoms with Crippen LogP contribution in [0.4, 0.5) is 0 Å². The van der Waals surface area contributed by atoms with E-state index in [0.717, 1.165) is 43.5 Å². The summed E-state index contributed by atoms with van der Waals surface area (Å²) in [7, 11) is 0. The number of carbonyl (C=O) groups excluding carboxylic acids is 2. The molecule has 1 unspecified atom stereocenters. The van der Waals surface area contributed by atoms with E-state index in [2.05, 4.69) is 10.3 Å². The minimum atomic E-state index is -0.0768. The molecule has 6 nitrogen and oxygen atoms in total. The Labute approximate surface area is 158 Å². The van der Waals surface area contributed by atoms with Gasteiger partial charge >= 0.3 is 0 Å². The highest BCUT2D eigenvalue weighted by Gasteiger charge is 2.20. The van der Waals surface area contributed by atoms with Crippen molar-refractivity contribution in [3.05, 3.63) is 47.8 Å². The zero-order chi connectivity index (χ0) is 18.6. The summed E-state index contributed by atoms with van der Waals surface area (Å²) in [6, 6.07) is 9.46. The molecule has 2 aliphatic heterocycles. The van der Waals surface area contributed by atoms with Gasteiger partial charge in [-0.3, -0.25) is 9.59 Å². The molecule has 4 rings (SSSR count). The van der Waals surface area contributed by atoms with Gasteiger partial charge in [-0.15, -0.1) is 0 Å². The van der Waals surface area contributed by atoms with Gasteiger partial charge in [-0.25, -0.2) is 0 Å². The molecule has 3 heterocycles. The first-order valence-electron chi connectivity index (χ1n) is 9.67. The lowest BCUT2D eigenvalue weighted by Gasteiger charge is -2.26. The van der Waals surface area contributed by atoms with E-state index >= 15 is 0 Å². The number of carbonyl (C=O) groups is 2. The maximum Gasteiger partial charge on any atom is 0.270 e. The molecule has 0 spiro atoms. The molecule has 0 aliphatic carbocycles. The van der Waals surface area contributed by atoms with Crippen LogP contribution in [0.3, 0.4) is 0 Å². The molecular formula is C21H25N3O3. The fourth-order valence-electron chi connectivity index (χ4n) is 3.68. The monoisotopic (exact) mass is 367 g/mol. The summed E-state index contributed by atoms with van der Waals surface area (Å²) in [4.78, 5) is 29.9. The minimum absolute atomic E-state index is 0.0655. The number of piperidine rings is 1. The highest BCUT2D eigenvalue weighted by Crippen LogP contribution is 2.22. The van der Waals surface area contributed by atoms with Crippen molar-refractivity contribution in [2.45, 2.75) is 31.7 Å². The van der Waals surface area contributed by atoms with Crippen molar-refractivity contribution in [2.24, 2.45) is 0 Å². The van der Waals surface area contributed by atoms with E-state index in [0.29, 0.717) is 24.5 Å². The quantitative estimate of drug-likeness (QED) is 0.873. The van der Waals surface area contributed by atoms with Gasteiger partial charge < -0.3 is 19.9 Å². The second kappa shape index (κ2) is 7.96. The van der Waals surface area contributed by atoms with Crippen molar-refractivity contribution in [3.8, 4) is 11.1 Å². The minimum Gasteiger partial charge on any atom is -0.379 e. The fraction of sp³-hybridized carbons (Fsp3) is 0.429. The van der Waals surface area contributed by atoms with Gasteiger partial charge in [-0.2, -0.15) is 0 Å². The molecule has 2 fully saturated rings. The molecule has 0 bridgehead atoms. The molecule has 2 aliphatic rings. The van der Waals surface area contributed by atoms with Crippen molar-refractivity contribution in [3.63, 3.8) is 0 Å². The Bertz CT molecular complexity index is 800. The Kier molecular flexibility index (Phi) is 5.25. The Morgan fingerprint density at radius 2 is 1.85 bits per heavy atom. The summed E-state index contributed by atoms with van der Waals surface area (Å²) >= 11 is 0. The second-order valence-corrected chi connectivity index (χ2v) is 7.27. The summed E-state index contributed by atoms with van der Waals surface area (Å²) in [5.74, 6) is -0.0113. The molecule has 0 saturated carbocycles. The summed E-state index contributed by atoms with van der Waals surface area (Å²) in [6.07, 6.45) is 6.07. The third kappa shape index (κ3) is 4.06. The van der Waals surface area contributed by atoms with Crippen LogP contribution in [0.25, 0.3) is 11.1 Å². The van der Waals surface area contributed by atoms with Gasteiger partial charge in [0.25, 0.3) is 11.8 Å². The van der Waals surface area contributed by atoms with Crippen molar-refractivity contribution in [1.29, 1.82) is 0 Å². The van der Waals surface area contributed by atoms with E-state index in [1.807, 2.05) is 41.4 Å². The molecule has 27 heavy (non-hydrogen) atoms. The second-order valence-electron chi connectivity index (χ2n) is 7.27. The van der Waals surface area contributed by atoms with Crippen molar-refractivity contribution in [2.75, 3.05) is 26.3 Å². The lowest BCUT2D eigenvalue weighted by Crippen LogP contribution is -2.35. The smallest absolute Gasteiger partial charge is 0.270 e. The van der Waals surface area contributed by atoms with Crippen LogP contribution < -0.4 is 5.32 Å². The van der Waals surface area contributed by atoms with E-state index < -0.39 is 0 Å². The van der Waals surface area contributed by atoms with Crippen LogP contribution in [0, 0.1) is 0 Å². The van der Waals surface area contributed by atoms with E-state index in [4.69, 9.17) is 4.74 Å². The predicted molar refractivity (Wildman–Crippen MR) is 103 cm³/mol. The number of benzene rings is 1. The Balaban J connectivity index is 1.42. The van der Waals surface area contributed by atoms with Gasteiger partial charge in [0.2, 0.25) is 0 Å². The van der Waals surface area contributed by atoms with Crippen LogP contribution >= 0.6 is 0 Å². The number of nitrogens with one attached hydrogen (secondary N) is 2. The molecule has 1 atom stereocenters. The predicted octanol–water partition coefficient (Wildman–Crippen LogP) is 2.83. The van der Waals surface area contributed by atoms with Gasteiger partial charge in [-0.1, -0.05) is 12.1 Å². The molecule has 0 radical (unpaired) electrons. The fourth-order valence-corrected chi connectivity index (χ4v) is 3.68. The molecule has 6 heteroatoms. The molecule has 1 aromatic heterocycles. The van der Waals surface area contributed by atoms with Crippen LogP contribution in [0.5, 0.6) is 0 Å². The maximum atomic E-state index is 12.6. The molecule has 2 N–H and O–H groups in total. The summed E-state index contributed by atoms with van der Waals surface area (Å²) in [5.41, 5.74) is 3.18. The molecule has 2 amide bonds. The largest absolute Gasteiger partial charge is 0.379 e. The number of H-pyrrole nitrogens is 1. The molecule has 2 saturated heterocycles. The van der Waals surface area contributed by atoms with Crippen LogP contribution in [-0.4, -0.2) is 54.0 Å². The lowest BCUT2D eigenvalue weighted by atomic mass is 10.1. The van der Waals surface area contributed by atoms with Gasteiger partial charge in [0.1, 0.15) is 5.69 Å². The van der Waals surface area contributed by atoms with Crippen LogP contribution in [0.1, 0.15) is 46.5 Å². The summed E-state index contributed by atoms with van der Waals surface area (Å²) < 4.78 is 5.29. The zero-order valence-corrected chi connectivity index (χ0v) is 15.4. The Morgan fingerprint density at radius 3 is 2.56 bits per heavy atom. The number of aromatic nitrogens is 1. The van der Waals surface area contributed by atoms with Gasteiger partial charge in [0, 0.05) is 31.5 Å². The Hall–Kier alpha value is -2.60. The van der Waals surface area contributed by atoms with E-state index in [9.17, 15) is 9.59 Å². The third-order valence-corrected chi connectivity index (χ3v) is 5.30. The topological polar surface area (TPSA) is 74.4 Å². The van der Waals surface area contributed by atoms with Crippen LogP contribution in [0.2, 0.25) is 0 Å². The number of hydrogen-bond donors (Lipinski definition) is 2. The van der Waals surface area contributed by atoms with Gasteiger partial charge in [-0.05, 0) is 55.0 Å². The first-order valence-corrected chi connectivity index (χ1v) is 9.67. The first kappa shape index (κ1) is 17.8. The lowest BCUT2D eigenvalue weighted by molar-refractivity contribution is 0.0719. The number of hydrogen-bond acceptors (Lipinski definition) is 3. The zero-order valence-electron chi connectivity index (χ0n) is 15.4. The van der Waals surface area contributed by atoms with Crippen molar-refractivity contribution < 1.29 is 14.3 Å². The maximum absolute atomic E-state index is 12.6. The number of rotatable bonds is 4. The highest BCUT2D eigenvalue weighted by atomic mass is 16.5. The van der Waals surface area contributed by atoms with E-state index in [1.165, 1.54) is 6.42 Å². The van der Waals surface area contributed by atoms with Crippen molar-refractivity contribution in [1.82, 2.24) is 15.2 Å². The summed E-state index contributed by atoms with van der Waals surface area (Å²) in [5, 5.41) is 2.99. The average Bonchev–Trinajstić information content (AvgIpc) is 3.40. The number of ether oxygens (including phenoxy) is 1. The molecule has 1 aromatic carbocycles. The number of likely N-dealkylation sites (tertiary alicyclic amines) is 1. The Morgan fingerprint density at radius 1 is 1.07 bits per heavy atom. The van der Waals surface area contributed by atoms with Crippen LogP contribution in [-0.2, 0) is 4.74 Å². The van der Waals surface area contributed by atoms with Gasteiger partial charge in [0.15, 0.2) is 0 Å². The molecular weight excluding hydrogens is 342 g/mol. The first-order chi connectivity index (χ1) is 13.2. The standard InChI is InChI=1S/C21H25N3O3/c25-20(23-18-8-11-27-14-18)16-6-4-15(5-7-16)17-12-19(22-13-17)21(26)24-9-2-1-3-10-24/h4-7,12-13,18,22H,1-3,8-11,14H2,(H,23,25). The third-order valence-electron chi connectivity index (χ3n) is 5.30. The number of amides is 2. The highest BCUT2D eigenvalue weighted by molar-refractivity contribution is 5.96. The number of aromatic amines is 1. The van der Waals surface area contributed by atoms with E-state index in [1.54, 1.807) is 0 Å². The van der Waals surface area contributed by atoms with E-state index in [-0.39, 0.29) is 17.9 Å². The van der Waals surface area contributed by atoms with Crippen LogP contribution in [0.15, 0.2) is 36.5 Å². The van der Waals surface area contributed by atoms with Gasteiger partial charge in [0.05, 0.1) is 12.6 Å². The van der Waals surface area contributed by atoms with Crippen molar-refractivity contribution >= 4 is 11.8 Å².